The molecule has 1 rings (SSSR count). The van der Waals surface area contributed by atoms with Crippen LogP contribution in [0.4, 0.5) is 5.69 Å². The van der Waals surface area contributed by atoms with Crippen LogP contribution in [0.1, 0.15) is 38.1 Å². The average Bonchev–Trinajstić information content (AvgIpc) is 2.27. The molecule has 3 heteroatoms. The molecule has 94 valence electrons. The number of benzene rings is 1. The van der Waals surface area contributed by atoms with Gasteiger partial charge in [0.25, 0.3) is 0 Å². The largest absolute Gasteiger partial charge is 0.465 e. The average molecular weight is 235 g/mol. The van der Waals surface area contributed by atoms with Crippen molar-refractivity contribution in [2.45, 2.75) is 39.8 Å². The van der Waals surface area contributed by atoms with E-state index in [-0.39, 0.29) is 5.97 Å². The van der Waals surface area contributed by atoms with E-state index in [4.69, 9.17) is 4.74 Å². The van der Waals surface area contributed by atoms with E-state index in [0.717, 1.165) is 5.69 Å². The molecule has 0 unspecified atom stereocenters. The summed E-state index contributed by atoms with van der Waals surface area (Å²) in [5, 5.41) is 0. The van der Waals surface area contributed by atoms with Crippen LogP contribution in [0.15, 0.2) is 24.3 Å². The van der Waals surface area contributed by atoms with Crippen LogP contribution in [0.25, 0.3) is 0 Å². The summed E-state index contributed by atoms with van der Waals surface area (Å²) < 4.78 is 4.73. The Kier molecular flexibility index (Phi) is 4.55. The molecule has 0 atom stereocenters. The molecule has 0 spiro atoms. The van der Waals surface area contributed by atoms with Crippen molar-refractivity contribution < 1.29 is 9.53 Å². The smallest absolute Gasteiger partial charge is 0.337 e. The lowest BCUT2D eigenvalue weighted by Gasteiger charge is -2.33. The molecule has 0 aliphatic carbocycles. The SMILES string of the molecule is COC(=O)c1cccc(N(C(C)C)C(C)C)c1. The third-order valence-electron chi connectivity index (χ3n) is 2.68. The van der Waals surface area contributed by atoms with Crippen molar-refractivity contribution in [3.05, 3.63) is 29.8 Å². The Morgan fingerprint density at radius 3 is 2.24 bits per heavy atom. The Hall–Kier alpha value is -1.51. The van der Waals surface area contributed by atoms with Crippen molar-refractivity contribution in [1.29, 1.82) is 0 Å². The number of ether oxygens (including phenoxy) is 1. The summed E-state index contributed by atoms with van der Waals surface area (Å²) >= 11 is 0. The van der Waals surface area contributed by atoms with Crippen molar-refractivity contribution in [1.82, 2.24) is 0 Å². The lowest BCUT2D eigenvalue weighted by molar-refractivity contribution is 0.0600. The zero-order chi connectivity index (χ0) is 13.0. The first-order valence-electron chi connectivity index (χ1n) is 5.94. The number of anilines is 1. The molecule has 1 aromatic rings. The van der Waals surface area contributed by atoms with Gasteiger partial charge in [0, 0.05) is 17.8 Å². The van der Waals surface area contributed by atoms with E-state index in [9.17, 15) is 4.79 Å². The van der Waals surface area contributed by atoms with Gasteiger partial charge in [0.15, 0.2) is 0 Å². The monoisotopic (exact) mass is 235 g/mol. The first kappa shape index (κ1) is 13.6. The van der Waals surface area contributed by atoms with Crippen LogP contribution in [0.3, 0.4) is 0 Å². The minimum absolute atomic E-state index is 0.292. The Morgan fingerprint density at radius 2 is 1.76 bits per heavy atom. The maximum absolute atomic E-state index is 11.5. The fourth-order valence-electron chi connectivity index (χ4n) is 2.10. The highest BCUT2D eigenvalue weighted by atomic mass is 16.5. The number of methoxy groups -OCH3 is 1. The summed E-state index contributed by atoms with van der Waals surface area (Å²) in [6.45, 7) is 8.57. The van der Waals surface area contributed by atoms with Gasteiger partial charge in [-0.3, -0.25) is 0 Å². The maximum Gasteiger partial charge on any atom is 0.337 e. The number of nitrogens with zero attached hydrogens (tertiary/aromatic N) is 1. The number of hydrogen-bond acceptors (Lipinski definition) is 3. The number of carbonyl (C=O) groups excluding carboxylic acids is 1. The summed E-state index contributed by atoms with van der Waals surface area (Å²) in [6.07, 6.45) is 0. The minimum atomic E-state index is -0.292. The molecule has 0 aromatic heterocycles. The van der Waals surface area contributed by atoms with Gasteiger partial charge in [-0.25, -0.2) is 4.79 Å². The van der Waals surface area contributed by atoms with Gasteiger partial charge in [-0.1, -0.05) is 6.07 Å². The van der Waals surface area contributed by atoms with Gasteiger partial charge in [-0.15, -0.1) is 0 Å². The summed E-state index contributed by atoms with van der Waals surface area (Å²) in [6, 6.07) is 8.34. The Bertz CT molecular complexity index is 378. The normalized spacial score (nSPS) is 10.8. The van der Waals surface area contributed by atoms with Gasteiger partial charge >= 0.3 is 5.97 Å². The molecular weight excluding hydrogens is 214 g/mol. The van der Waals surface area contributed by atoms with Gasteiger partial charge in [-0.05, 0) is 45.9 Å². The fourth-order valence-corrected chi connectivity index (χ4v) is 2.10. The Morgan fingerprint density at radius 1 is 1.18 bits per heavy atom. The standard InChI is InChI=1S/C14H21NO2/c1-10(2)15(11(3)4)13-8-6-7-12(9-13)14(16)17-5/h6-11H,1-5H3. The maximum atomic E-state index is 11.5. The Balaban J connectivity index is 3.08. The van der Waals surface area contributed by atoms with E-state index >= 15 is 0 Å². The summed E-state index contributed by atoms with van der Waals surface area (Å²) in [4.78, 5) is 13.8. The zero-order valence-corrected chi connectivity index (χ0v) is 11.2. The van der Waals surface area contributed by atoms with E-state index in [0.29, 0.717) is 17.6 Å². The van der Waals surface area contributed by atoms with E-state index in [2.05, 4.69) is 32.6 Å². The van der Waals surface area contributed by atoms with Crippen LogP contribution < -0.4 is 4.90 Å². The van der Waals surface area contributed by atoms with Crippen LogP contribution >= 0.6 is 0 Å². The third kappa shape index (κ3) is 3.22. The quantitative estimate of drug-likeness (QED) is 0.751. The van der Waals surface area contributed by atoms with Crippen molar-refractivity contribution in [2.24, 2.45) is 0 Å². The van der Waals surface area contributed by atoms with E-state index < -0.39 is 0 Å². The first-order chi connectivity index (χ1) is 7.97. The number of esters is 1. The number of hydrogen-bond donors (Lipinski definition) is 0. The molecule has 0 radical (unpaired) electrons. The van der Waals surface area contributed by atoms with E-state index in [1.807, 2.05) is 18.2 Å². The van der Waals surface area contributed by atoms with E-state index in [1.165, 1.54) is 7.11 Å². The molecule has 0 amide bonds. The molecule has 0 fully saturated rings. The molecule has 0 N–H and O–H groups in total. The molecule has 0 saturated heterocycles. The lowest BCUT2D eigenvalue weighted by Crippen LogP contribution is -2.37. The molecule has 0 aliphatic heterocycles. The Labute approximate surface area is 103 Å². The highest BCUT2D eigenvalue weighted by Crippen LogP contribution is 2.21. The topological polar surface area (TPSA) is 29.5 Å². The number of carbonyl (C=O) groups is 1. The summed E-state index contributed by atoms with van der Waals surface area (Å²) in [5.41, 5.74) is 1.65. The molecule has 17 heavy (non-hydrogen) atoms. The lowest BCUT2D eigenvalue weighted by atomic mass is 10.1. The van der Waals surface area contributed by atoms with Gasteiger partial charge < -0.3 is 9.64 Å². The van der Waals surface area contributed by atoms with Crippen LogP contribution in [-0.2, 0) is 4.74 Å². The molecular formula is C14H21NO2. The van der Waals surface area contributed by atoms with E-state index in [1.54, 1.807) is 6.07 Å². The minimum Gasteiger partial charge on any atom is -0.465 e. The van der Waals surface area contributed by atoms with Crippen LogP contribution in [0, 0.1) is 0 Å². The van der Waals surface area contributed by atoms with Crippen molar-refractivity contribution in [3.63, 3.8) is 0 Å². The fraction of sp³-hybridized carbons (Fsp3) is 0.500. The third-order valence-corrected chi connectivity index (χ3v) is 2.68. The van der Waals surface area contributed by atoms with Crippen LogP contribution in [0.2, 0.25) is 0 Å². The molecule has 0 aliphatic rings. The second-order valence-corrected chi connectivity index (χ2v) is 4.64. The predicted octanol–water partition coefficient (Wildman–Crippen LogP) is 3.10. The van der Waals surface area contributed by atoms with Crippen molar-refractivity contribution in [3.8, 4) is 0 Å². The van der Waals surface area contributed by atoms with Crippen LogP contribution in [-0.4, -0.2) is 25.2 Å². The van der Waals surface area contributed by atoms with Gasteiger partial charge in [0.05, 0.1) is 12.7 Å². The summed E-state index contributed by atoms with van der Waals surface area (Å²) in [5.74, 6) is -0.292. The number of rotatable bonds is 4. The van der Waals surface area contributed by atoms with Crippen LogP contribution in [0.5, 0.6) is 0 Å². The molecule has 1 aromatic carbocycles. The molecule has 3 nitrogen and oxygen atoms in total. The second kappa shape index (κ2) is 5.71. The highest BCUT2D eigenvalue weighted by Gasteiger charge is 2.15. The predicted molar refractivity (Wildman–Crippen MR) is 70.5 cm³/mol. The van der Waals surface area contributed by atoms with Gasteiger partial charge in [0.1, 0.15) is 0 Å². The van der Waals surface area contributed by atoms with Gasteiger partial charge in [-0.2, -0.15) is 0 Å². The summed E-state index contributed by atoms with van der Waals surface area (Å²) in [7, 11) is 1.40. The second-order valence-electron chi connectivity index (χ2n) is 4.64. The molecule has 0 saturated carbocycles. The first-order valence-corrected chi connectivity index (χ1v) is 5.94. The van der Waals surface area contributed by atoms with Crippen molar-refractivity contribution in [2.75, 3.05) is 12.0 Å². The van der Waals surface area contributed by atoms with Crippen molar-refractivity contribution >= 4 is 11.7 Å². The zero-order valence-electron chi connectivity index (χ0n) is 11.2. The molecule has 0 heterocycles. The highest BCUT2D eigenvalue weighted by molar-refractivity contribution is 5.90. The molecule has 0 bridgehead atoms. The van der Waals surface area contributed by atoms with Gasteiger partial charge in [0.2, 0.25) is 0 Å².